The van der Waals surface area contributed by atoms with Gasteiger partial charge in [-0.05, 0) is 31.1 Å². The summed E-state index contributed by atoms with van der Waals surface area (Å²) >= 11 is 0. The zero-order chi connectivity index (χ0) is 13.5. The lowest BCUT2D eigenvalue weighted by molar-refractivity contribution is -0.130. The molecule has 18 heavy (non-hydrogen) atoms. The van der Waals surface area contributed by atoms with E-state index in [0.717, 1.165) is 25.8 Å². The molecule has 1 fully saturated rings. The molecule has 0 aliphatic heterocycles. The fourth-order valence-corrected chi connectivity index (χ4v) is 2.81. The summed E-state index contributed by atoms with van der Waals surface area (Å²) < 4.78 is 0. The number of nitrogens with zero attached hydrogens (tertiary/aromatic N) is 1. The molecule has 106 valence electrons. The zero-order valence-corrected chi connectivity index (χ0v) is 12.3. The lowest BCUT2D eigenvalue weighted by Gasteiger charge is -2.27. The third-order valence-corrected chi connectivity index (χ3v) is 4.30. The van der Waals surface area contributed by atoms with Crippen LogP contribution in [0.1, 0.15) is 58.8 Å². The number of hydrogen-bond donors (Lipinski definition) is 1. The zero-order valence-electron chi connectivity index (χ0n) is 12.3. The summed E-state index contributed by atoms with van der Waals surface area (Å²) in [6.45, 7) is 5.26. The Balaban J connectivity index is 2.23. The van der Waals surface area contributed by atoms with Gasteiger partial charge in [0.2, 0.25) is 5.91 Å². The van der Waals surface area contributed by atoms with Crippen molar-refractivity contribution in [1.29, 1.82) is 0 Å². The topological polar surface area (TPSA) is 46.3 Å². The van der Waals surface area contributed by atoms with E-state index < -0.39 is 0 Å². The number of amides is 1. The van der Waals surface area contributed by atoms with Crippen LogP contribution in [-0.2, 0) is 4.79 Å². The quantitative estimate of drug-likeness (QED) is 0.792. The third kappa shape index (κ3) is 5.38. The SMILES string of the molecule is CCC(C)CN(C)C(=O)CCC1CCCC(N)C1. The highest BCUT2D eigenvalue weighted by Gasteiger charge is 2.20. The summed E-state index contributed by atoms with van der Waals surface area (Å²) in [5, 5.41) is 0. The van der Waals surface area contributed by atoms with E-state index in [0.29, 0.717) is 30.2 Å². The first-order valence-corrected chi connectivity index (χ1v) is 7.52. The number of nitrogens with two attached hydrogens (primary N) is 1. The number of carbonyl (C=O) groups excluding carboxylic acids is 1. The van der Waals surface area contributed by atoms with Gasteiger partial charge in [-0.3, -0.25) is 4.79 Å². The highest BCUT2D eigenvalue weighted by atomic mass is 16.2. The average Bonchev–Trinajstić information content (AvgIpc) is 2.35. The normalized spacial score (nSPS) is 25.8. The van der Waals surface area contributed by atoms with Gasteiger partial charge < -0.3 is 10.6 Å². The summed E-state index contributed by atoms with van der Waals surface area (Å²) in [5.41, 5.74) is 5.98. The van der Waals surface area contributed by atoms with Crippen LogP contribution in [0.4, 0.5) is 0 Å². The van der Waals surface area contributed by atoms with Crippen molar-refractivity contribution in [1.82, 2.24) is 4.90 Å². The van der Waals surface area contributed by atoms with Gasteiger partial charge >= 0.3 is 0 Å². The van der Waals surface area contributed by atoms with E-state index in [-0.39, 0.29) is 0 Å². The molecule has 3 nitrogen and oxygen atoms in total. The maximum absolute atomic E-state index is 12.0. The van der Waals surface area contributed by atoms with E-state index in [1.54, 1.807) is 0 Å². The second kappa shape index (κ2) is 7.78. The van der Waals surface area contributed by atoms with Crippen LogP contribution in [0.5, 0.6) is 0 Å². The molecule has 3 atom stereocenters. The van der Waals surface area contributed by atoms with Gasteiger partial charge in [0.15, 0.2) is 0 Å². The van der Waals surface area contributed by atoms with Gasteiger partial charge in [0.05, 0.1) is 0 Å². The van der Waals surface area contributed by atoms with Crippen LogP contribution in [0.2, 0.25) is 0 Å². The fourth-order valence-electron chi connectivity index (χ4n) is 2.81. The molecule has 3 unspecified atom stereocenters. The van der Waals surface area contributed by atoms with Crippen LogP contribution in [-0.4, -0.2) is 30.4 Å². The molecule has 1 aliphatic rings. The van der Waals surface area contributed by atoms with Gasteiger partial charge in [0, 0.05) is 26.1 Å². The van der Waals surface area contributed by atoms with Crippen LogP contribution in [0.25, 0.3) is 0 Å². The molecule has 1 rings (SSSR count). The Morgan fingerprint density at radius 2 is 2.17 bits per heavy atom. The van der Waals surface area contributed by atoms with Gasteiger partial charge in [-0.2, -0.15) is 0 Å². The van der Waals surface area contributed by atoms with Crippen molar-refractivity contribution < 1.29 is 4.79 Å². The summed E-state index contributed by atoms with van der Waals surface area (Å²) in [7, 11) is 1.93. The van der Waals surface area contributed by atoms with Crippen LogP contribution in [0.3, 0.4) is 0 Å². The maximum atomic E-state index is 12.0. The highest BCUT2D eigenvalue weighted by molar-refractivity contribution is 5.75. The van der Waals surface area contributed by atoms with E-state index >= 15 is 0 Å². The standard InChI is InChI=1S/C15H30N2O/c1-4-12(2)11-17(3)15(18)9-8-13-6-5-7-14(16)10-13/h12-14H,4-11,16H2,1-3H3. The van der Waals surface area contributed by atoms with E-state index in [4.69, 9.17) is 5.73 Å². The molecule has 0 saturated heterocycles. The predicted molar refractivity (Wildman–Crippen MR) is 76.3 cm³/mol. The van der Waals surface area contributed by atoms with E-state index in [1.807, 2.05) is 11.9 Å². The van der Waals surface area contributed by atoms with Crippen molar-refractivity contribution in [3.63, 3.8) is 0 Å². The molecule has 3 heteroatoms. The Hall–Kier alpha value is -0.570. The van der Waals surface area contributed by atoms with Gasteiger partial charge in [-0.1, -0.05) is 33.1 Å². The van der Waals surface area contributed by atoms with Crippen LogP contribution >= 0.6 is 0 Å². The van der Waals surface area contributed by atoms with Crippen molar-refractivity contribution in [2.75, 3.05) is 13.6 Å². The molecule has 0 aromatic carbocycles. The molecule has 2 N–H and O–H groups in total. The van der Waals surface area contributed by atoms with E-state index in [9.17, 15) is 4.79 Å². The molecule has 0 heterocycles. The first-order valence-electron chi connectivity index (χ1n) is 7.52. The Bertz CT molecular complexity index is 255. The molecule has 1 aliphatic carbocycles. The second-order valence-corrected chi connectivity index (χ2v) is 6.12. The minimum Gasteiger partial charge on any atom is -0.345 e. The average molecular weight is 254 g/mol. The second-order valence-electron chi connectivity index (χ2n) is 6.12. The van der Waals surface area contributed by atoms with Crippen molar-refractivity contribution in [2.24, 2.45) is 17.6 Å². The molecule has 0 radical (unpaired) electrons. The van der Waals surface area contributed by atoms with Gasteiger partial charge in [0.1, 0.15) is 0 Å². The van der Waals surface area contributed by atoms with Crippen LogP contribution < -0.4 is 5.73 Å². The van der Waals surface area contributed by atoms with Crippen molar-refractivity contribution in [3.8, 4) is 0 Å². The Labute approximate surface area is 112 Å². The lowest BCUT2D eigenvalue weighted by atomic mass is 9.83. The molecule has 0 spiro atoms. The van der Waals surface area contributed by atoms with Gasteiger partial charge in [-0.15, -0.1) is 0 Å². The summed E-state index contributed by atoms with van der Waals surface area (Å²) in [6, 6.07) is 0.372. The molecule has 0 bridgehead atoms. The largest absolute Gasteiger partial charge is 0.345 e. The van der Waals surface area contributed by atoms with Crippen molar-refractivity contribution in [3.05, 3.63) is 0 Å². The first-order chi connectivity index (χ1) is 8.52. The monoisotopic (exact) mass is 254 g/mol. The Kier molecular flexibility index (Phi) is 6.69. The lowest BCUT2D eigenvalue weighted by Crippen LogP contribution is -2.32. The third-order valence-electron chi connectivity index (χ3n) is 4.30. The maximum Gasteiger partial charge on any atom is 0.222 e. The Morgan fingerprint density at radius 3 is 2.78 bits per heavy atom. The molecule has 0 aromatic heterocycles. The smallest absolute Gasteiger partial charge is 0.222 e. The minimum atomic E-state index is 0.300. The van der Waals surface area contributed by atoms with E-state index in [2.05, 4.69) is 13.8 Å². The predicted octanol–water partition coefficient (Wildman–Crippen LogP) is 2.79. The minimum absolute atomic E-state index is 0.300. The van der Waals surface area contributed by atoms with Crippen LogP contribution in [0.15, 0.2) is 0 Å². The molecular formula is C15H30N2O. The first kappa shape index (κ1) is 15.5. The molecular weight excluding hydrogens is 224 g/mol. The van der Waals surface area contributed by atoms with Gasteiger partial charge in [-0.25, -0.2) is 0 Å². The van der Waals surface area contributed by atoms with Crippen molar-refractivity contribution in [2.45, 2.75) is 64.8 Å². The molecule has 1 amide bonds. The van der Waals surface area contributed by atoms with Crippen LogP contribution in [0, 0.1) is 11.8 Å². The summed E-state index contributed by atoms with van der Waals surface area (Å²) in [5.74, 6) is 1.58. The fraction of sp³-hybridized carbons (Fsp3) is 0.933. The van der Waals surface area contributed by atoms with Crippen molar-refractivity contribution >= 4 is 5.91 Å². The number of carbonyl (C=O) groups is 1. The molecule has 1 saturated carbocycles. The number of hydrogen-bond acceptors (Lipinski definition) is 2. The summed E-state index contributed by atoms with van der Waals surface area (Å²) in [4.78, 5) is 13.9. The summed E-state index contributed by atoms with van der Waals surface area (Å²) in [6.07, 6.45) is 7.64. The van der Waals surface area contributed by atoms with Gasteiger partial charge in [0.25, 0.3) is 0 Å². The highest BCUT2D eigenvalue weighted by Crippen LogP contribution is 2.27. The number of rotatable bonds is 6. The van der Waals surface area contributed by atoms with E-state index in [1.165, 1.54) is 19.3 Å². The molecule has 0 aromatic rings. The Morgan fingerprint density at radius 1 is 1.44 bits per heavy atom.